The molecule has 0 saturated heterocycles. The topological polar surface area (TPSA) is 102 Å². The standard InChI is InChI=1S/C13H18N6O/c1-4-5-10-15-6-7-19(10)13-11(12(14)18-20)8(2)9(3)16-17-13/h6-7,20H,4-5H2,1-3H3,(H2,14,18). The van der Waals surface area contributed by atoms with Gasteiger partial charge in [-0.05, 0) is 25.8 Å². The maximum Gasteiger partial charge on any atom is 0.174 e. The summed E-state index contributed by atoms with van der Waals surface area (Å²) < 4.78 is 1.83. The molecular weight excluding hydrogens is 256 g/mol. The van der Waals surface area contributed by atoms with E-state index in [9.17, 15) is 0 Å². The molecule has 106 valence electrons. The first-order valence-electron chi connectivity index (χ1n) is 6.44. The second-order valence-electron chi connectivity index (χ2n) is 4.56. The zero-order chi connectivity index (χ0) is 14.7. The number of nitrogens with zero attached hydrogens (tertiary/aromatic N) is 5. The second-order valence-corrected chi connectivity index (χ2v) is 4.56. The molecule has 0 aliphatic heterocycles. The van der Waals surface area contributed by atoms with Crippen LogP contribution in [-0.4, -0.2) is 30.8 Å². The predicted molar refractivity (Wildman–Crippen MR) is 75.1 cm³/mol. The maximum atomic E-state index is 8.99. The highest BCUT2D eigenvalue weighted by atomic mass is 16.4. The fraction of sp³-hybridized carbons (Fsp3) is 0.385. The molecule has 2 heterocycles. The summed E-state index contributed by atoms with van der Waals surface area (Å²) in [7, 11) is 0. The van der Waals surface area contributed by atoms with E-state index in [1.807, 2.05) is 18.4 Å². The molecule has 2 rings (SSSR count). The highest BCUT2D eigenvalue weighted by Crippen LogP contribution is 2.19. The summed E-state index contributed by atoms with van der Waals surface area (Å²) in [5.41, 5.74) is 7.95. The Morgan fingerprint density at radius 1 is 1.40 bits per heavy atom. The molecule has 0 saturated carbocycles. The average Bonchev–Trinajstić information content (AvgIpc) is 2.89. The molecule has 0 aliphatic rings. The van der Waals surface area contributed by atoms with Gasteiger partial charge in [0.2, 0.25) is 0 Å². The van der Waals surface area contributed by atoms with Gasteiger partial charge in [-0.3, -0.25) is 4.57 Å². The van der Waals surface area contributed by atoms with Gasteiger partial charge in [0.15, 0.2) is 11.7 Å². The van der Waals surface area contributed by atoms with E-state index < -0.39 is 0 Å². The van der Waals surface area contributed by atoms with Crippen molar-refractivity contribution in [2.45, 2.75) is 33.6 Å². The van der Waals surface area contributed by atoms with Gasteiger partial charge in [0.1, 0.15) is 5.82 Å². The highest BCUT2D eigenvalue weighted by Gasteiger charge is 2.18. The molecule has 0 unspecified atom stereocenters. The van der Waals surface area contributed by atoms with Crippen LogP contribution in [-0.2, 0) is 6.42 Å². The van der Waals surface area contributed by atoms with Crippen LogP contribution in [0.5, 0.6) is 0 Å². The Balaban J connectivity index is 2.68. The third-order valence-electron chi connectivity index (χ3n) is 3.22. The van der Waals surface area contributed by atoms with Gasteiger partial charge < -0.3 is 10.9 Å². The van der Waals surface area contributed by atoms with Gasteiger partial charge in [-0.1, -0.05) is 12.1 Å². The van der Waals surface area contributed by atoms with Crippen molar-refractivity contribution in [1.82, 2.24) is 19.7 Å². The van der Waals surface area contributed by atoms with Crippen LogP contribution in [0.1, 0.15) is 36.0 Å². The minimum Gasteiger partial charge on any atom is -0.409 e. The molecule has 2 aromatic heterocycles. The zero-order valence-electron chi connectivity index (χ0n) is 11.8. The quantitative estimate of drug-likeness (QED) is 0.379. The van der Waals surface area contributed by atoms with Gasteiger partial charge in [-0.2, -0.15) is 5.10 Å². The Hall–Kier alpha value is -2.44. The Morgan fingerprint density at radius 2 is 2.15 bits per heavy atom. The van der Waals surface area contributed by atoms with Crippen molar-refractivity contribution in [3.8, 4) is 5.82 Å². The number of aryl methyl sites for hydroxylation is 2. The van der Waals surface area contributed by atoms with Crippen LogP contribution in [0, 0.1) is 13.8 Å². The zero-order valence-corrected chi connectivity index (χ0v) is 11.8. The number of imidazole rings is 1. The van der Waals surface area contributed by atoms with Gasteiger partial charge in [0, 0.05) is 18.8 Å². The number of hydrogen-bond acceptors (Lipinski definition) is 5. The van der Waals surface area contributed by atoms with Crippen molar-refractivity contribution in [2.75, 3.05) is 0 Å². The molecule has 3 N–H and O–H groups in total. The molecular formula is C13H18N6O. The molecule has 0 amide bonds. The van der Waals surface area contributed by atoms with Gasteiger partial charge in [0.25, 0.3) is 0 Å². The first-order chi connectivity index (χ1) is 9.60. The largest absolute Gasteiger partial charge is 0.409 e. The molecule has 0 spiro atoms. The van der Waals surface area contributed by atoms with Crippen LogP contribution in [0.4, 0.5) is 0 Å². The number of nitrogens with two attached hydrogens (primary N) is 1. The minimum atomic E-state index is 0.0200. The normalized spacial score (nSPS) is 11.8. The van der Waals surface area contributed by atoms with Crippen molar-refractivity contribution >= 4 is 5.84 Å². The minimum absolute atomic E-state index is 0.0200. The van der Waals surface area contributed by atoms with E-state index in [0.717, 1.165) is 29.9 Å². The van der Waals surface area contributed by atoms with Crippen LogP contribution in [0.25, 0.3) is 5.82 Å². The van der Waals surface area contributed by atoms with Crippen molar-refractivity contribution in [2.24, 2.45) is 10.9 Å². The Kier molecular flexibility index (Phi) is 3.97. The van der Waals surface area contributed by atoms with E-state index in [1.54, 1.807) is 12.4 Å². The molecule has 0 aromatic carbocycles. The lowest BCUT2D eigenvalue weighted by Crippen LogP contribution is -2.21. The summed E-state index contributed by atoms with van der Waals surface area (Å²) >= 11 is 0. The number of aromatic nitrogens is 4. The summed E-state index contributed by atoms with van der Waals surface area (Å²) in [5.74, 6) is 1.42. The Morgan fingerprint density at radius 3 is 2.80 bits per heavy atom. The summed E-state index contributed by atoms with van der Waals surface area (Å²) in [4.78, 5) is 4.31. The van der Waals surface area contributed by atoms with E-state index >= 15 is 0 Å². The van der Waals surface area contributed by atoms with Crippen LogP contribution in [0.2, 0.25) is 0 Å². The number of hydrogen-bond donors (Lipinski definition) is 2. The van der Waals surface area contributed by atoms with Crippen LogP contribution < -0.4 is 5.73 Å². The fourth-order valence-corrected chi connectivity index (χ4v) is 2.06. The molecule has 7 nitrogen and oxygen atoms in total. The molecule has 0 atom stereocenters. The molecule has 2 aromatic rings. The second kappa shape index (κ2) is 5.68. The third-order valence-corrected chi connectivity index (χ3v) is 3.22. The van der Waals surface area contributed by atoms with E-state index in [1.165, 1.54) is 0 Å². The molecule has 0 aliphatic carbocycles. The first kappa shape index (κ1) is 14.0. The number of amidine groups is 1. The van der Waals surface area contributed by atoms with Crippen LogP contribution in [0.15, 0.2) is 17.5 Å². The lowest BCUT2D eigenvalue weighted by Gasteiger charge is -2.13. The van der Waals surface area contributed by atoms with E-state index in [4.69, 9.17) is 10.9 Å². The predicted octanol–water partition coefficient (Wildman–Crippen LogP) is 1.33. The Labute approximate surface area is 117 Å². The molecule has 0 radical (unpaired) electrons. The molecule has 0 bridgehead atoms. The van der Waals surface area contributed by atoms with Gasteiger partial charge in [-0.15, -0.1) is 5.10 Å². The summed E-state index contributed by atoms with van der Waals surface area (Å²) in [6, 6.07) is 0. The van der Waals surface area contributed by atoms with E-state index in [-0.39, 0.29) is 5.84 Å². The van der Waals surface area contributed by atoms with Gasteiger partial charge in [-0.25, -0.2) is 4.98 Å². The Bertz CT molecular complexity index is 646. The van der Waals surface area contributed by atoms with Crippen molar-refractivity contribution in [3.05, 3.63) is 35.0 Å². The van der Waals surface area contributed by atoms with Crippen LogP contribution in [0.3, 0.4) is 0 Å². The summed E-state index contributed by atoms with van der Waals surface area (Å²) in [6.45, 7) is 5.79. The SMILES string of the molecule is CCCc1nccn1-c1nnc(C)c(C)c1C(N)=NO. The van der Waals surface area contributed by atoms with E-state index in [2.05, 4.69) is 27.3 Å². The molecule has 20 heavy (non-hydrogen) atoms. The molecule has 0 fully saturated rings. The first-order valence-corrected chi connectivity index (χ1v) is 6.44. The van der Waals surface area contributed by atoms with Gasteiger partial charge in [0.05, 0.1) is 11.3 Å². The monoisotopic (exact) mass is 274 g/mol. The third kappa shape index (κ3) is 2.34. The maximum absolute atomic E-state index is 8.99. The highest BCUT2D eigenvalue weighted by molar-refractivity contribution is 6.01. The van der Waals surface area contributed by atoms with Gasteiger partial charge >= 0.3 is 0 Å². The lowest BCUT2D eigenvalue weighted by molar-refractivity contribution is 0.318. The van der Waals surface area contributed by atoms with Crippen molar-refractivity contribution < 1.29 is 5.21 Å². The number of oxime groups is 1. The smallest absolute Gasteiger partial charge is 0.174 e. The van der Waals surface area contributed by atoms with Crippen molar-refractivity contribution in [1.29, 1.82) is 0 Å². The molecule has 7 heteroatoms. The fourth-order valence-electron chi connectivity index (χ4n) is 2.06. The average molecular weight is 274 g/mol. The summed E-state index contributed by atoms with van der Waals surface area (Å²) in [5, 5.41) is 20.4. The summed E-state index contributed by atoms with van der Waals surface area (Å²) in [6.07, 6.45) is 5.29. The van der Waals surface area contributed by atoms with Crippen LogP contribution >= 0.6 is 0 Å². The number of rotatable bonds is 4. The van der Waals surface area contributed by atoms with E-state index in [0.29, 0.717) is 11.4 Å². The van der Waals surface area contributed by atoms with Crippen molar-refractivity contribution in [3.63, 3.8) is 0 Å². The lowest BCUT2D eigenvalue weighted by atomic mass is 10.1.